The molecule has 0 bridgehead atoms. The molecule has 4 nitrogen and oxygen atoms in total. The standard InChI is InChI=1S/C15H16N2O2/c1-10-7-8-12(9-13(10)18)17-15(19)14(16)11-5-3-2-4-6-11/h2-9,14,18H,16H2,1H3,(H,17,19)/t14-/m0/s1. The lowest BCUT2D eigenvalue weighted by Crippen LogP contribution is -2.27. The Morgan fingerprint density at radius 2 is 1.89 bits per heavy atom. The molecule has 1 amide bonds. The van der Waals surface area contributed by atoms with Crippen molar-refractivity contribution in [2.45, 2.75) is 13.0 Å². The zero-order valence-corrected chi connectivity index (χ0v) is 10.6. The van der Waals surface area contributed by atoms with Gasteiger partial charge in [0.2, 0.25) is 5.91 Å². The number of phenolic OH excluding ortho intramolecular Hbond substituents is 1. The van der Waals surface area contributed by atoms with Crippen molar-refractivity contribution >= 4 is 11.6 Å². The molecule has 0 aliphatic heterocycles. The SMILES string of the molecule is Cc1ccc(NC(=O)[C@@H](N)c2ccccc2)cc1O. The number of hydrogen-bond acceptors (Lipinski definition) is 3. The van der Waals surface area contributed by atoms with Gasteiger partial charge in [-0.2, -0.15) is 0 Å². The summed E-state index contributed by atoms with van der Waals surface area (Å²) in [5, 5.41) is 12.3. The number of nitrogens with two attached hydrogens (primary N) is 1. The van der Waals surface area contributed by atoms with Gasteiger partial charge in [0.25, 0.3) is 0 Å². The van der Waals surface area contributed by atoms with Gasteiger partial charge < -0.3 is 16.2 Å². The highest BCUT2D eigenvalue weighted by Gasteiger charge is 2.15. The van der Waals surface area contributed by atoms with Gasteiger partial charge in [-0.05, 0) is 24.1 Å². The maximum Gasteiger partial charge on any atom is 0.245 e. The van der Waals surface area contributed by atoms with Crippen molar-refractivity contribution in [2.75, 3.05) is 5.32 Å². The van der Waals surface area contributed by atoms with Crippen molar-refractivity contribution < 1.29 is 9.90 Å². The fourth-order valence-corrected chi connectivity index (χ4v) is 1.72. The number of nitrogens with one attached hydrogen (secondary N) is 1. The Hall–Kier alpha value is -2.33. The van der Waals surface area contributed by atoms with Crippen molar-refractivity contribution in [1.82, 2.24) is 0 Å². The largest absolute Gasteiger partial charge is 0.508 e. The van der Waals surface area contributed by atoms with E-state index >= 15 is 0 Å². The first kappa shape index (κ1) is 13.1. The maximum absolute atomic E-state index is 12.0. The van der Waals surface area contributed by atoms with E-state index in [0.717, 1.165) is 11.1 Å². The molecule has 2 aromatic carbocycles. The second-order valence-electron chi connectivity index (χ2n) is 4.38. The molecule has 0 fully saturated rings. The lowest BCUT2D eigenvalue weighted by atomic mass is 10.1. The number of carbonyl (C=O) groups excluding carboxylic acids is 1. The lowest BCUT2D eigenvalue weighted by molar-refractivity contribution is -0.117. The average molecular weight is 256 g/mol. The van der Waals surface area contributed by atoms with Crippen molar-refractivity contribution in [3.05, 3.63) is 59.7 Å². The number of benzene rings is 2. The third-order valence-electron chi connectivity index (χ3n) is 2.92. The molecular weight excluding hydrogens is 240 g/mol. The Morgan fingerprint density at radius 1 is 1.21 bits per heavy atom. The van der Waals surface area contributed by atoms with E-state index in [0.29, 0.717) is 5.69 Å². The number of rotatable bonds is 3. The first-order valence-electron chi connectivity index (χ1n) is 5.99. The molecule has 0 radical (unpaired) electrons. The monoisotopic (exact) mass is 256 g/mol. The molecule has 0 heterocycles. The van der Waals surface area contributed by atoms with Crippen LogP contribution in [0.3, 0.4) is 0 Å². The van der Waals surface area contributed by atoms with Crippen molar-refractivity contribution in [2.24, 2.45) is 5.73 Å². The van der Waals surface area contributed by atoms with Crippen molar-refractivity contribution in [3.63, 3.8) is 0 Å². The number of amides is 1. The smallest absolute Gasteiger partial charge is 0.245 e. The molecule has 4 heteroatoms. The van der Waals surface area contributed by atoms with Crippen molar-refractivity contribution in [3.8, 4) is 5.75 Å². The predicted octanol–water partition coefficient (Wildman–Crippen LogP) is 2.34. The summed E-state index contributed by atoms with van der Waals surface area (Å²) in [4.78, 5) is 12.0. The number of aryl methyl sites for hydroxylation is 1. The van der Waals surface area contributed by atoms with E-state index in [-0.39, 0.29) is 11.7 Å². The van der Waals surface area contributed by atoms with Crippen LogP contribution < -0.4 is 11.1 Å². The number of phenols is 1. The highest BCUT2D eigenvalue weighted by atomic mass is 16.3. The van der Waals surface area contributed by atoms with Crippen LogP contribution in [0.15, 0.2) is 48.5 Å². The minimum Gasteiger partial charge on any atom is -0.508 e. The molecule has 0 saturated heterocycles. The zero-order valence-electron chi connectivity index (χ0n) is 10.6. The minimum absolute atomic E-state index is 0.145. The van der Waals surface area contributed by atoms with Crippen LogP contribution >= 0.6 is 0 Å². The maximum atomic E-state index is 12.0. The Bertz CT molecular complexity index is 582. The number of hydrogen-bond donors (Lipinski definition) is 3. The third kappa shape index (κ3) is 3.11. The fourth-order valence-electron chi connectivity index (χ4n) is 1.72. The van der Waals surface area contributed by atoms with Crippen LogP contribution in [-0.2, 0) is 4.79 Å². The molecule has 2 aromatic rings. The quantitative estimate of drug-likeness (QED) is 0.789. The van der Waals surface area contributed by atoms with Crippen LogP contribution in [0.4, 0.5) is 5.69 Å². The van der Waals surface area contributed by atoms with E-state index < -0.39 is 6.04 Å². The molecule has 2 rings (SSSR count). The minimum atomic E-state index is -0.732. The Morgan fingerprint density at radius 3 is 2.53 bits per heavy atom. The first-order valence-corrected chi connectivity index (χ1v) is 5.99. The van der Waals surface area contributed by atoms with Crippen LogP contribution in [0.1, 0.15) is 17.2 Å². The van der Waals surface area contributed by atoms with Gasteiger partial charge in [0.15, 0.2) is 0 Å². The molecule has 4 N–H and O–H groups in total. The summed E-state index contributed by atoms with van der Waals surface area (Å²) in [6, 6.07) is 13.4. The Kier molecular flexibility index (Phi) is 3.82. The van der Waals surface area contributed by atoms with Crippen molar-refractivity contribution in [1.29, 1.82) is 0 Å². The normalized spacial score (nSPS) is 11.9. The molecule has 0 spiro atoms. The number of aromatic hydroxyl groups is 1. The van der Waals surface area contributed by atoms with Gasteiger partial charge in [0.1, 0.15) is 11.8 Å². The first-order chi connectivity index (χ1) is 9.08. The van der Waals surface area contributed by atoms with Gasteiger partial charge in [-0.3, -0.25) is 4.79 Å². The number of carbonyl (C=O) groups is 1. The van der Waals surface area contributed by atoms with Crippen LogP contribution in [-0.4, -0.2) is 11.0 Å². The second kappa shape index (κ2) is 5.54. The Balaban J connectivity index is 2.10. The summed E-state index contributed by atoms with van der Waals surface area (Å²) >= 11 is 0. The van der Waals surface area contributed by atoms with E-state index in [4.69, 9.17) is 5.73 Å². The summed E-state index contributed by atoms with van der Waals surface area (Å²) in [6.45, 7) is 1.79. The van der Waals surface area contributed by atoms with Gasteiger partial charge in [-0.15, -0.1) is 0 Å². The highest BCUT2D eigenvalue weighted by Crippen LogP contribution is 2.21. The fraction of sp³-hybridized carbons (Fsp3) is 0.133. The Labute approximate surface area is 111 Å². The van der Waals surface area contributed by atoms with Gasteiger partial charge in [0, 0.05) is 11.8 Å². The predicted molar refractivity (Wildman–Crippen MR) is 74.8 cm³/mol. The topological polar surface area (TPSA) is 75.4 Å². The van der Waals surface area contributed by atoms with E-state index in [1.807, 2.05) is 18.2 Å². The summed E-state index contributed by atoms with van der Waals surface area (Å²) in [6.07, 6.45) is 0. The zero-order chi connectivity index (χ0) is 13.8. The lowest BCUT2D eigenvalue weighted by Gasteiger charge is -2.13. The molecule has 98 valence electrons. The van der Waals surface area contributed by atoms with Crippen LogP contribution in [0.5, 0.6) is 5.75 Å². The molecule has 0 aliphatic carbocycles. The molecular formula is C15H16N2O2. The highest BCUT2D eigenvalue weighted by molar-refractivity contribution is 5.95. The van der Waals surface area contributed by atoms with Gasteiger partial charge in [0.05, 0.1) is 0 Å². The molecule has 1 atom stereocenters. The van der Waals surface area contributed by atoms with E-state index in [1.165, 1.54) is 6.07 Å². The van der Waals surface area contributed by atoms with Crippen LogP contribution in [0.25, 0.3) is 0 Å². The summed E-state index contributed by atoms with van der Waals surface area (Å²) in [7, 11) is 0. The van der Waals surface area contributed by atoms with Gasteiger partial charge >= 0.3 is 0 Å². The summed E-state index contributed by atoms with van der Waals surface area (Å²) in [5.41, 5.74) is 7.91. The van der Waals surface area contributed by atoms with Gasteiger partial charge in [-0.25, -0.2) is 0 Å². The summed E-state index contributed by atoms with van der Waals surface area (Å²) in [5.74, 6) is -0.166. The molecule has 0 aliphatic rings. The van der Waals surface area contributed by atoms with E-state index in [2.05, 4.69) is 5.32 Å². The van der Waals surface area contributed by atoms with E-state index in [1.54, 1.807) is 31.2 Å². The summed E-state index contributed by atoms with van der Waals surface area (Å²) < 4.78 is 0. The molecule has 0 saturated carbocycles. The molecule has 0 unspecified atom stereocenters. The van der Waals surface area contributed by atoms with E-state index in [9.17, 15) is 9.90 Å². The number of anilines is 1. The van der Waals surface area contributed by atoms with Gasteiger partial charge in [-0.1, -0.05) is 36.4 Å². The molecule has 0 aromatic heterocycles. The second-order valence-corrected chi connectivity index (χ2v) is 4.38. The third-order valence-corrected chi connectivity index (χ3v) is 2.92. The average Bonchev–Trinajstić information content (AvgIpc) is 2.43. The molecule has 19 heavy (non-hydrogen) atoms. The van der Waals surface area contributed by atoms with Crippen LogP contribution in [0.2, 0.25) is 0 Å². The van der Waals surface area contributed by atoms with Crippen LogP contribution in [0, 0.1) is 6.92 Å².